The van der Waals surface area contributed by atoms with Gasteiger partial charge in [-0.25, -0.2) is 25.7 Å². The van der Waals surface area contributed by atoms with Crippen molar-refractivity contribution in [1.29, 1.82) is 0 Å². The molecule has 8 heteroatoms. The van der Waals surface area contributed by atoms with Gasteiger partial charge in [-0.2, -0.15) is 0 Å². The number of nitrogens with zero attached hydrogens (tertiary/aromatic N) is 3. The van der Waals surface area contributed by atoms with Crippen LogP contribution in [0.2, 0.25) is 0 Å². The number of hydrogen-bond donors (Lipinski definition) is 2. The molecule has 0 radical (unpaired) electrons. The molecule has 3 aromatic carbocycles. The fourth-order valence-electron chi connectivity index (χ4n) is 2.96. The molecule has 0 saturated carbocycles. The maximum atomic E-state index is 13.1. The summed E-state index contributed by atoms with van der Waals surface area (Å²) in [6, 6.07) is 24.3. The molecule has 0 spiro atoms. The highest BCUT2D eigenvalue weighted by Crippen LogP contribution is 2.26. The van der Waals surface area contributed by atoms with Crippen LogP contribution in [-0.2, 0) is 0 Å². The fraction of sp³-hybridized carbons (Fsp3) is 0.0500. The first-order valence-electron chi connectivity index (χ1n) is 8.64. The molecule has 1 saturated heterocycles. The first kappa shape index (κ1) is 17.7. The number of non-ortho nitro benzene ring substituents is 1. The Morgan fingerprint density at radius 2 is 1.25 bits per heavy atom. The fourth-order valence-corrected chi connectivity index (χ4v) is 2.96. The third-order valence-electron chi connectivity index (χ3n) is 4.36. The van der Waals surface area contributed by atoms with E-state index >= 15 is 0 Å². The number of hydrazine groups is 2. The molecule has 1 heterocycles. The molecule has 2 N–H and O–H groups in total. The lowest BCUT2D eigenvalue weighted by molar-refractivity contribution is -0.384. The number of benzene rings is 3. The lowest BCUT2D eigenvalue weighted by atomic mass is 10.2. The molecular weight excluding hydrogens is 358 g/mol. The Labute approximate surface area is 161 Å². The van der Waals surface area contributed by atoms with E-state index in [0.29, 0.717) is 11.4 Å². The molecule has 140 valence electrons. The van der Waals surface area contributed by atoms with Gasteiger partial charge in [0.15, 0.2) is 0 Å². The van der Waals surface area contributed by atoms with E-state index in [1.165, 1.54) is 22.2 Å². The molecule has 8 nitrogen and oxygen atoms in total. The van der Waals surface area contributed by atoms with Gasteiger partial charge in [0.1, 0.15) is 6.17 Å². The van der Waals surface area contributed by atoms with Crippen LogP contribution in [0.15, 0.2) is 84.9 Å². The second-order valence-electron chi connectivity index (χ2n) is 6.16. The van der Waals surface area contributed by atoms with Gasteiger partial charge in [-0.3, -0.25) is 10.1 Å². The zero-order valence-electron chi connectivity index (χ0n) is 14.7. The lowest BCUT2D eigenvalue weighted by Crippen LogP contribution is -2.65. The first-order valence-corrected chi connectivity index (χ1v) is 8.64. The van der Waals surface area contributed by atoms with Crippen molar-refractivity contribution in [1.82, 2.24) is 10.9 Å². The van der Waals surface area contributed by atoms with E-state index in [1.54, 1.807) is 12.1 Å². The van der Waals surface area contributed by atoms with E-state index in [-0.39, 0.29) is 17.9 Å². The Bertz CT molecular complexity index is 980. The summed E-state index contributed by atoms with van der Waals surface area (Å²) in [4.78, 5) is 23.6. The lowest BCUT2D eigenvalue weighted by Gasteiger charge is -2.41. The predicted molar refractivity (Wildman–Crippen MR) is 105 cm³/mol. The van der Waals surface area contributed by atoms with Gasteiger partial charge in [0.05, 0.1) is 16.3 Å². The summed E-state index contributed by atoms with van der Waals surface area (Å²) in [5.74, 6) is 0. The quantitative estimate of drug-likeness (QED) is 0.535. The normalized spacial score (nSPS) is 16.9. The number of nitro groups is 1. The molecule has 28 heavy (non-hydrogen) atoms. The minimum absolute atomic E-state index is 0.0362. The Hall–Kier alpha value is -3.75. The average Bonchev–Trinajstić information content (AvgIpc) is 2.75. The maximum Gasteiger partial charge on any atom is 0.358 e. The van der Waals surface area contributed by atoms with Crippen LogP contribution in [0, 0.1) is 10.1 Å². The summed E-state index contributed by atoms with van der Waals surface area (Å²) in [6.07, 6.45) is -0.380. The second-order valence-corrected chi connectivity index (χ2v) is 6.16. The van der Waals surface area contributed by atoms with E-state index < -0.39 is 4.92 Å². The van der Waals surface area contributed by atoms with Crippen LogP contribution >= 0.6 is 0 Å². The van der Waals surface area contributed by atoms with Crippen molar-refractivity contribution in [3.05, 3.63) is 101 Å². The number of anilines is 2. The number of carbonyl (C=O) groups excluding carboxylic acids is 1. The van der Waals surface area contributed by atoms with Crippen molar-refractivity contribution in [3.8, 4) is 0 Å². The molecule has 1 aliphatic heterocycles. The molecular formula is C20H17N5O3. The molecule has 1 unspecified atom stereocenters. The summed E-state index contributed by atoms with van der Waals surface area (Å²) in [7, 11) is 0. The van der Waals surface area contributed by atoms with E-state index in [1.807, 2.05) is 60.7 Å². The summed E-state index contributed by atoms with van der Waals surface area (Å²) in [5.41, 5.74) is 8.41. The smallest absolute Gasteiger partial charge is 0.258 e. The van der Waals surface area contributed by atoms with Gasteiger partial charge in [0.2, 0.25) is 0 Å². The largest absolute Gasteiger partial charge is 0.358 e. The molecule has 1 aliphatic rings. The monoisotopic (exact) mass is 375 g/mol. The Kier molecular flexibility index (Phi) is 4.71. The van der Waals surface area contributed by atoms with Crippen LogP contribution in [0.1, 0.15) is 11.7 Å². The van der Waals surface area contributed by atoms with Gasteiger partial charge in [-0.1, -0.05) is 48.5 Å². The predicted octanol–water partition coefficient (Wildman–Crippen LogP) is 3.75. The van der Waals surface area contributed by atoms with Gasteiger partial charge in [-0.05, 0) is 29.8 Å². The highest BCUT2D eigenvalue weighted by Gasteiger charge is 2.34. The summed E-state index contributed by atoms with van der Waals surface area (Å²) < 4.78 is 0. The number of hydrogen-bond acceptors (Lipinski definition) is 5. The second kappa shape index (κ2) is 7.47. The number of rotatable bonds is 4. The van der Waals surface area contributed by atoms with E-state index in [9.17, 15) is 14.9 Å². The molecule has 1 atom stereocenters. The molecule has 3 aromatic rings. The summed E-state index contributed by atoms with van der Waals surface area (Å²) >= 11 is 0. The Morgan fingerprint density at radius 1 is 0.750 bits per heavy atom. The maximum absolute atomic E-state index is 13.1. The molecule has 2 amide bonds. The number of nitrogens with one attached hydrogen (secondary N) is 2. The van der Waals surface area contributed by atoms with Gasteiger partial charge < -0.3 is 0 Å². The number of amides is 2. The van der Waals surface area contributed by atoms with E-state index in [2.05, 4.69) is 10.9 Å². The minimum atomic E-state index is -0.472. The third-order valence-corrected chi connectivity index (χ3v) is 4.36. The molecule has 0 aromatic heterocycles. The van der Waals surface area contributed by atoms with Crippen LogP contribution in [0.25, 0.3) is 0 Å². The van der Waals surface area contributed by atoms with Crippen LogP contribution in [0.5, 0.6) is 0 Å². The zero-order chi connectivity index (χ0) is 19.5. The van der Waals surface area contributed by atoms with Gasteiger partial charge >= 0.3 is 6.03 Å². The van der Waals surface area contributed by atoms with E-state index in [4.69, 9.17) is 0 Å². The van der Waals surface area contributed by atoms with Gasteiger partial charge in [0, 0.05) is 12.1 Å². The molecule has 0 aliphatic carbocycles. The van der Waals surface area contributed by atoms with Crippen molar-refractivity contribution in [2.24, 2.45) is 0 Å². The third kappa shape index (κ3) is 3.41. The van der Waals surface area contributed by atoms with Crippen molar-refractivity contribution in [2.75, 3.05) is 10.0 Å². The topological polar surface area (TPSA) is 90.8 Å². The summed E-state index contributed by atoms with van der Waals surface area (Å²) in [6.45, 7) is 0. The van der Waals surface area contributed by atoms with Crippen molar-refractivity contribution >= 4 is 23.1 Å². The molecule has 4 rings (SSSR count). The highest BCUT2D eigenvalue weighted by molar-refractivity contribution is 6.03. The van der Waals surface area contributed by atoms with E-state index in [0.717, 1.165) is 5.56 Å². The van der Waals surface area contributed by atoms with Gasteiger partial charge in [-0.15, -0.1) is 0 Å². The standard InChI is InChI=1S/C20H17N5O3/c26-20-23(16-9-5-2-6-10-16)21-19(15-7-3-1-4-8-15)22-24(20)17-11-13-18(14-12-17)25(27)28/h1-14,19,21-22H. The average molecular weight is 375 g/mol. The number of para-hydroxylation sites is 1. The van der Waals surface area contributed by atoms with Crippen molar-refractivity contribution in [3.63, 3.8) is 0 Å². The van der Waals surface area contributed by atoms with Crippen LogP contribution in [0.4, 0.5) is 21.9 Å². The Balaban J connectivity index is 1.71. The zero-order valence-corrected chi connectivity index (χ0v) is 14.7. The number of urea groups is 1. The molecule has 1 fully saturated rings. The van der Waals surface area contributed by atoms with Crippen molar-refractivity contribution in [2.45, 2.75) is 6.17 Å². The van der Waals surface area contributed by atoms with Crippen LogP contribution in [-0.4, -0.2) is 11.0 Å². The minimum Gasteiger partial charge on any atom is -0.258 e. The number of nitro benzene ring substituents is 1. The van der Waals surface area contributed by atoms with Crippen LogP contribution in [0.3, 0.4) is 0 Å². The molecule has 0 bridgehead atoms. The SMILES string of the molecule is O=C1N(c2ccccc2)NC(c2ccccc2)NN1c1ccc([N+](=O)[O-])cc1. The van der Waals surface area contributed by atoms with Crippen LogP contribution < -0.4 is 20.9 Å². The van der Waals surface area contributed by atoms with Gasteiger partial charge in [0.25, 0.3) is 5.69 Å². The number of carbonyl (C=O) groups is 1. The summed E-state index contributed by atoms with van der Waals surface area (Å²) in [5, 5.41) is 13.8. The first-order chi connectivity index (χ1) is 13.6. The van der Waals surface area contributed by atoms with Crippen molar-refractivity contribution < 1.29 is 9.72 Å². The Morgan fingerprint density at radius 3 is 1.79 bits per heavy atom. The highest BCUT2D eigenvalue weighted by atomic mass is 16.6.